The van der Waals surface area contributed by atoms with E-state index in [1.807, 2.05) is 39.0 Å². The van der Waals surface area contributed by atoms with Crippen molar-refractivity contribution in [3.05, 3.63) is 48.0 Å². The van der Waals surface area contributed by atoms with Gasteiger partial charge in [-0.15, -0.1) is 0 Å². The van der Waals surface area contributed by atoms with Gasteiger partial charge in [-0.05, 0) is 45.0 Å². The fourth-order valence-corrected chi connectivity index (χ4v) is 2.25. The van der Waals surface area contributed by atoms with Crippen molar-refractivity contribution in [1.82, 2.24) is 0 Å². The van der Waals surface area contributed by atoms with Crippen LogP contribution in [0.15, 0.2) is 42.5 Å². The Morgan fingerprint density at radius 2 is 1.54 bits per heavy atom. The maximum atomic E-state index is 12.6. The highest BCUT2D eigenvalue weighted by Gasteiger charge is 2.14. The molecular formula is C19H23NO4. The molecule has 0 bridgehead atoms. The predicted octanol–water partition coefficient (Wildman–Crippen LogP) is 4.14. The van der Waals surface area contributed by atoms with Crippen LogP contribution in [0.5, 0.6) is 17.2 Å². The SMILES string of the molecule is CCOc1cccc(NC(=O)c2ccc(OCC)cc2OCC)c1. The van der Waals surface area contributed by atoms with Gasteiger partial charge in [-0.25, -0.2) is 0 Å². The lowest BCUT2D eigenvalue weighted by atomic mass is 10.1. The average molecular weight is 329 g/mol. The minimum Gasteiger partial charge on any atom is -0.494 e. The minimum atomic E-state index is -0.241. The first kappa shape index (κ1) is 17.7. The molecule has 2 aromatic rings. The molecule has 1 amide bonds. The maximum Gasteiger partial charge on any atom is 0.259 e. The van der Waals surface area contributed by atoms with Crippen LogP contribution in [0, 0.1) is 0 Å². The molecule has 2 rings (SSSR count). The van der Waals surface area contributed by atoms with Crippen LogP contribution in [0.1, 0.15) is 31.1 Å². The highest BCUT2D eigenvalue weighted by Crippen LogP contribution is 2.26. The molecule has 0 saturated heterocycles. The van der Waals surface area contributed by atoms with Gasteiger partial charge in [0.05, 0.1) is 25.4 Å². The second-order valence-corrected chi connectivity index (χ2v) is 4.94. The summed E-state index contributed by atoms with van der Waals surface area (Å²) in [5.41, 5.74) is 1.13. The van der Waals surface area contributed by atoms with Crippen LogP contribution in [0.4, 0.5) is 5.69 Å². The summed E-state index contributed by atoms with van der Waals surface area (Å²) < 4.78 is 16.5. The van der Waals surface area contributed by atoms with Crippen molar-refractivity contribution in [2.45, 2.75) is 20.8 Å². The number of hydrogen-bond acceptors (Lipinski definition) is 4. The van der Waals surface area contributed by atoms with Crippen molar-refractivity contribution >= 4 is 11.6 Å². The molecule has 0 aliphatic rings. The summed E-state index contributed by atoms with van der Waals surface area (Å²) in [6, 6.07) is 12.5. The standard InChI is InChI=1S/C19H23NO4/c1-4-22-15-9-7-8-14(12-15)20-19(21)17-11-10-16(23-5-2)13-18(17)24-6-3/h7-13H,4-6H2,1-3H3,(H,20,21). The Labute approximate surface area is 142 Å². The summed E-state index contributed by atoms with van der Waals surface area (Å²) in [7, 11) is 0. The first-order valence-corrected chi connectivity index (χ1v) is 8.11. The average Bonchev–Trinajstić information content (AvgIpc) is 2.56. The van der Waals surface area contributed by atoms with Gasteiger partial charge in [0.2, 0.25) is 0 Å². The Balaban J connectivity index is 2.20. The van der Waals surface area contributed by atoms with E-state index in [2.05, 4.69) is 5.32 Å². The van der Waals surface area contributed by atoms with Gasteiger partial charge < -0.3 is 19.5 Å². The summed E-state index contributed by atoms with van der Waals surface area (Å²) in [4.78, 5) is 12.6. The van der Waals surface area contributed by atoms with Crippen molar-refractivity contribution in [2.24, 2.45) is 0 Å². The van der Waals surface area contributed by atoms with Gasteiger partial charge in [-0.2, -0.15) is 0 Å². The number of anilines is 1. The fraction of sp³-hybridized carbons (Fsp3) is 0.316. The summed E-state index contributed by atoms with van der Waals surface area (Å²) in [5, 5.41) is 2.87. The highest BCUT2D eigenvalue weighted by atomic mass is 16.5. The zero-order valence-corrected chi connectivity index (χ0v) is 14.3. The smallest absolute Gasteiger partial charge is 0.259 e. The van der Waals surface area contributed by atoms with E-state index in [-0.39, 0.29) is 5.91 Å². The van der Waals surface area contributed by atoms with Crippen molar-refractivity contribution in [2.75, 3.05) is 25.1 Å². The normalized spacial score (nSPS) is 10.1. The number of benzene rings is 2. The summed E-state index contributed by atoms with van der Waals surface area (Å²) in [5.74, 6) is 1.65. The van der Waals surface area contributed by atoms with Gasteiger partial charge in [0, 0.05) is 17.8 Å². The molecule has 0 unspecified atom stereocenters. The highest BCUT2D eigenvalue weighted by molar-refractivity contribution is 6.06. The van der Waals surface area contributed by atoms with E-state index in [1.54, 1.807) is 24.3 Å². The summed E-state index contributed by atoms with van der Waals surface area (Å²) >= 11 is 0. The number of carbonyl (C=O) groups is 1. The Kier molecular flexibility index (Phi) is 6.49. The third-order valence-electron chi connectivity index (χ3n) is 3.21. The zero-order chi connectivity index (χ0) is 17.4. The lowest BCUT2D eigenvalue weighted by Crippen LogP contribution is -2.14. The first-order chi connectivity index (χ1) is 11.7. The number of amides is 1. The number of rotatable bonds is 8. The number of ether oxygens (including phenoxy) is 3. The Morgan fingerprint density at radius 1 is 0.875 bits per heavy atom. The Hall–Kier alpha value is -2.69. The van der Waals surface area contributed by atoms with Crippen LogP contribution >= 0.6 is 0 Å². The molecule has 24 heavy (non-hydrogen) atoms. The van der Waals surface area contributed by atoms with Gasteiger partial charge >= 0.3 is 0 Å². The van der Waals surface area contributed by atoms with Gasteiger partial charge in [-0.1, -0.05) is 6.07 Å². The number of carbonyl (C=O) groups excluding carboxylic acids is 1. The van der Waals surface area contributed by atoms with E-state index >= 15 is 0 Å². The van der Waals surface area contributed by atoms with E-state index in [9.17, 15) is 4.79 Å². The first-order valence-electron chi connectivity index (χ1n) is 8.11. The molecule has 0 aromatic heterocycles. The number of hydrogen-bond donors (Lipinski definition) is 1. The van der Waals surface area contributed by atoms with E-state index < -0.39 is 0 Å². The van der Waals surface area contributed by atoms with Crippen LogP contribution in [0.25, 0.3) is 0 Å². The molecule has 0 spiro atoms. The van der Waals surface area contributed by atoms with Crippen LogP contribution < -0.4 is 19.5 Å². The molecule has 0 aliphatic carbocycles. The molecule has 0 saturated carbocycles. The molecule has 1 N–H and O–H groups in total. The van der Waals surface area contributed by atoms with Crippen molar-refractivity contribution in [3.63, 3.8) is 0 Å². The maximum absolute atomic E-state index is 12.6. The fourth-order valence-electron chi connectivity index (χ4n) is 2.25. The largest absolute Gasteiger partial charge is 0.494 e. The monoisotopic (exact) mass is 329 g/mol. The van der Waals surface area contributed by atoms with E-state index in [0.29, 0.717) is 48.3 Å². The molecular weight excluding hydrogens is 306 g/mol. The second-order valence-electron chi connectivity index (χ2n) is 4.94. The van der Waals surface area contributed by atoms with Gasteiger partial charge in [0.25, 0.3) is 5.91 Å². The second kappa shape index (κ2) is 8.82. The molecule has 0 fully saturated rings. The molecule has 0 aliphatic heterocycles. The topological polar surface area (TPSA) is 56.8 Å². The molecule has 2 aromatic carbocycles. The van der Waals surface area contributed by atoms with E-state index in [4.69, 9.17) is 14.2 Å². The molecule has 128 valence electrons. The molecule has 5 heteroatoms. The van der Waals surface area contributed by atoms with Crippen molar-refractivity contribution < 1.29 is 19.0 Å². The third-order valence-corrected chi connectivity index (χ3v) is 3.21. The lowest BCUT2D eigenvalue weighted by molar-refractivity contribution is 0.102. The molecule has 0 atom stereocenters. The zero-order valence-electron chi connectivity index (χ0n) is 14.3. The molecule has 0 heterocycles. The quantitative estimate of drug-likeness (QED) is 0.791. The van der Waals surface area contributed by atoms with Crippen molar-refractivity contribution in [3.8, 4) is 17.2 Å². The summed E-state index contributed by atoms with van der Waals surface area (Å²) in [6.07, 6.45) is 0. The Morgan fingerprint density at radius 3 is 2.21 bits per heavy atom. The lowest BCUT2D eigenvalue weighted by Gasteiger charge is -2.13. The minimum absolute atomic E-state index is 0.241. The van der Waals surface area contributed by atoms with Gasteiger partial charge in [0.1, 0.15) is 17.2 Å². The van der Waals surface area contributed by atoms with E-state index in [1.165, 1.54) is 0 Å². The van der Waals surface area contributed by atoms with Crippen LogP contribution in [0.3, 0.4) is 0 Å². The molecule has 5 nitrogen and oxygen atoms in total. The van der Waals surface area contributed by atoms with Gasteiger partial charge in [-0.3, -0.25) is 4.79 Å². The third kappa shape index (κ3) is 4.65. The predicted molar refractivity (Wildman–Crippen MR) is 94.3 cm³/mol. The molecule has 0 radical (unpaired) electrons. The van der Waals surface area contributed by atoms with Crippen LogP contribution in [-0.2, 0) is 0 Å². The Bertz CT molecular complexity index is 685. The van der Waals surface area contributed by atoms with E-state index in [0.717, 1.165) is 0 Å². The van der Waals surface area contributed by atoms with Crippen LogP contribution in [-0.4, -0.2) is 25.7 Å². The van der Waals surface area contributed by atoms with Gasteiger partial charge in [0.15, 0.2) is 0 Å². The summed E-state index contributed by atoms with van der Waals surface area (Å²) in [6.45, 7) is 7.30. The number of nitrogens with one attached hydrogen (secondary N) is 1. The van der Waals surface area contributed by atoms with Crippen molar-refractivity contribution in [1.29, 1.82) is 0 Å². The van der Waals surface area contributed by atoms with Crippen LogP contribution in [0.2, 0.25) is 0 Å².